The second-order valence-electron chi connectivity index (χ2n) is 5.02. The highest BCUT2D eigenvalue weighted by Gasteiger charge is 2.28. The van der Waals surface area contributed by atoms with Gasteiger partial charge in [0.1, 0.15) is 0 Å². The van der Waals surface area contributed by atoms with Crippen LogP contribution in [0.3, 0.4) is 0 Å². The fourth-order valence-electron chi connectivity index (χ4n) is 2.96. The Bertz CT molecular complexity index is 126. The maximum absolute atomic E-state index is 2.40. The van der Waals surface area contributed by atoms with Gasteiger partial charge in [0, 0.05) is 0 Å². The second kappa shape index (κ2) is 5.29. The van der Waals surface area contributed by atoms with Gasteiger partial charge in [0.15, 0.2) is 0 Å². The van der Waals surface area contributed by atoms with E-state index in [0.29, 0.717) is 0 Å². The Morgan fingerprint density at radius 2 is 1.38 bits per heavy atom. The van der Waals surface area contributed by atoms with E-state index >= 15 is 0 Å². The van der Waals surface area contributed by atoms with Gasteiger partial charge >= 0.3 is 0 Å². The maximum atomic E-state index is 2.40. The van der Waals surface area contributed by atoms with E-state index < -0.39 is 0 Å². The minimum absolute atomic E-state index is 0.869. The van der Waals surface area contributed by atoms with Crippen LogP contribution in [0.2, 0.25) is 0 Å². The molecule has 0 nitrogen and oxygen atoms in total. The summed E-state index contributed by atoms with van der Waals surface area (Å²) in [5.74, 6) is 6.52. The molecule has 1 aliphatic heterocycles. The average molecular weight is 200 g/mol. The van der Waals surface area contributed by atoms with E-state index in [2.05, 4.69) is 39.5 Å². The monoisotopic (exact) mass is 200 g/mol. The van der Waals surface area contributed by atoms with E-state index in [-0.39, 0.29) is 0 Å². The molecule has 0 atom stereocenters. The summed E-state index contributed by atoms with van der Waals surface area (Å²) >= 11 is 2.14. The summed E-state index contributed by atoms with van der Waals surface area (Å²) in [5, 5.41) is 0. The van der Waals surface area contributed by atoms with Gasteiger partial charge in [-0.25, -0.2) is 0 Å². The molecule has 0 radical (unpaired) electrons. The summed E-state index contributed by atoms with van der Waals surface area (Å²) < 4.78 is 0. The Kier molecular flexibility index (Phi) is 4.64. The molecule has 0 aliphatic carbocycles. The summed E-state index contributed by atoms with van der Waals surface area (Å²) in [6.45, 7) is 9.58. The third-order valence-corrected chi connectivity index (χ3v) is 4.40. The molecule has 0 aromatic carbocycles. The molecule has 0 unspecified atom stereocenters. The second-order valence-corrected chi connectivity index (χ2v) is 6.24. The van der Waals surface area contributed by atoms with Gasteiger partial charge in [-0.15, -0.1) is 0 Å². The maximum Gasteiger partial charge on any atom is -0.00648 e. The molecular weight excluding hydrogens is 176 g/mol. The SMILES string of the molecule is CC(C)C(C(C)C)C1CCSCC1. The average Bonchev–Trinajstić information content (AvgIpc) is 2.04. The molecule has 1 aliphatic rings. The van der Waals surface area contributed by atoms with Gasteiger partial charge in [-0.1, -0.05) is 27.7 Å². The molecule has 78 valence electrons. The fraction of sp³-hybridized carbons (Fsp3) is 1.00. The molecule has 0 aromatic heterocycles. The summed E-state index contributed by atoms with van der Waals surface area (Å²) in [5.41, 5.74) is 0. The third kappa shape index (κ3) is 3.19. The van der Waals surface area contributed by atoms with Crippen LogP contribution in [0.15, 0.2) is 0 Å². The van der Waals surface area contributed by atoms with E-state index in [1.165, 1.54) is 24.3 Å². The zero-order chi connectivity index (χ0) is 9.84. The summed E-state index contributed by atoms with van der Waals surface area (Å²) in [6, 6.07) is 0. The molecule has 0 saturated carbocycles. The molecule has 1 heteroatoms. The number of hydrogen-bond acceptors (Lipinski definition) is 1. The van der Waals surface area contributed by atoms with Crippen molar-refractivity contribution in [1.82, 2.24) is 0 Å². The highest BCUT2D eigenvalue weighted by molar-refractivity contribution is 7.99. The first-order valence-electron chi connectivity index (χ1n) is 5.70. The van der Waals surface area contributed by atoms with Crippen LogP contribution in [0.4, 0.5) is 0 Å². The molecule has 0 bridgehead atoms. The van der Waals surface area contributed by atoms with Crippen molar-refractivity contribution >= 4 is 11.8 Å². The van der Waals surface area contributed by atoms with Crippen LogP contribution >= 0.6 is 11.8 Å². The standard InChI is InChI=1S/C12H24S/c1-9(2)12(10(3)4)11-5-7-13-8-6-11/h9-12H,5-8H2,1-4H3. The normalized spacial score (nSPS) is 20.5. The molecular formula is C12H24S. The van der Waals surface area contributed by atoms with Gasteiger partial charge < -0.3 is 0 Å². The minimum atomic E-state index is 0.869. The van der Waals surface area contributed by atoms with E-state index in [9.17, 15) is 0 Å². The first-order valence-corrected chi connectivity index (χ1v) is 6.86. The molecule has 0 spiro atoms. The quantitative estimate of drug-likeness (QED) is 0.662. The lowest BCUT2D eigenvalue weighted by atomic mass is 9.73. The number of hydrogen-bond donors (Lipinski definition) is 0. The highest BCUT2D eigenvalue weighted by atomic mass is 32.2. The topological polar surface area (TPSA) is 0 Å². The zero-order valence-electron chi connectivity index (χ0n) is 9.55. The third-order valence-electron chi connectivity index (χ3n) is 3.35. The molecule has 1 saturated heterocycles. The molecule has 0 aromatic rings. The van der Waals surface area contributed by atoms with Crippen LogP contribution in [-0.4, -0.2) is 11.5 Å². The highest BCUT2D eigenvalue weighted by Crippen LogP contribution is 2.37. The van der Waals surface area contributed by atoms with Gasteiger partial charge in [0.25, 0.3) is 0 Å². The van der Waals surface area contributed by atoms with Crippen molar-refractivity contribution in [2.45, 2.75) is 40.5 Å². The van der Waals surface area contributed by atoms with Crippen molar-refractivity contribution in [2.75, 3.05) is 11.5 Å². The Labute approximate surface area is 87.9 Å². The van der Waals surface area contributed by atoms with Gasteiger partial charge in [0.05, 0.1) is 0 Å². The molecule has 1 rings (SSSR count). The van der Waals surface area contributed by atoms with Crippen LogP contribution < -0.4 is 0 Å². The molecule has 13 heavy (non-hydrogen) atoms. The van der Waals surface area contributed by atoms with Crippen LogP contribution in [-0.2, 0) is 0 Å². The lowest BCUT2D eigenvalue weighted by Crippen LogP contribution is -2.28. The largest absolute Gasteiger partial charge is 0.162 e. The Hall–Kier alpha value is 0.350. The van der Waals surface area contributed by atoms with Gasteiger partial charge in [-0.3, -0.25) is 0 Å². The van der Waals surface area contributed by atoms with E-state index in [4.69, 9.17) is 0 Å². The zero-order valence-corrected chi connectivity index (χ0v) is 10.4. The summed E-state index contributed by atoms with van der Waals surface area (Å²) in [4.78, 5) is 0. The predicted molar refractivity (Wildman–Crippen MR) is 63.2 cm³/mol. The Morgan fingerprint density at radius 1 is 0.923 bits per heavy atom. The summed E-state index contributed by atoms with van der Waals surface area (Å²) in [6.07, 6.45) is 2.93. The first-order chi connectivity index (χ1) is 6.13. The van der Waals surface area contributed by atoms with Crippen LogP contribution in [0, 0.1) is 23.7 Å². The van der Waals surface area contributed by atoms with Gasteiger partial charge in [-0.05, 0) is 48.0 Å². The molecule has 1 fully saturated rings. The lowest BCUT2D eigenvalue weighted by molar-refractivity contribution is 0.175. The van der Waals surface area contributed by atoms with E-state index in [1.807, 2.05) is 0 Å². The van der Waals surface area contributed by atoms with Crippen molar-refractivity contribution in [3.8, 4) is 0 Å². The Morgan fingerprint density at radius 3 is 1.77 bits per heavy atom. The van der Waals surface area contributed by atoms with Crippen molar-refractivity contribution in [1.29, 1.82) is 0 Å². The predicted octanol–water partition coefficient (Wildman–Crippen LogP) is 4.06. The van der Waals surface area contributed by atoms with Gasteiger partial charge in [-0.2, -0.15) is 11.8 Å². The van der Waals surface area contributed by atoms with Crippen LogP contribution in [0.25, 0.3) is 0 Å². The molecule has 1 heterocycles. The lowest BCUT2D eigenvalue weighted by Gasteiger charge is -2.35. The summed E-state index contributed by atoms with van der Waals surface area (Å²) in [7, 11) is 0. The van der Waals surface area contributed by atoms with Crippen molar-refractivity contribution in [3.63, 3.8) is 0 Å². The number of thioether (sulfide) groups is 1. The smallest absolute Gasteiger partial charge is 0.00648 e. The number of rotatable bonds is 3. The van der Waals surface area contributed by atoms with E-state index in [1.54, 1.807) is 0 Å². The molecule has 0 N–H and O–H groups in total. The van der Waals surface area contributed by atoms with Crippen molar-refractivity contribution < 1.29 is 0 Å². The molecule has 0 amide bonds. The van der Waals surface area contributed by atoms with E-state index in [0.717, 1.165) is 23.7 Å². The van der Waals surface area contributed by atoms with Crippen molar-refractivity contribution in [3.05, 3.63) is 0 Å². The fourth-order valence-corrected chi connectivity index (χ4v) is 4.10. The van der Waals surface area contributed by atoms with Crippen LogP contribution in [0.1, 0.15) is 40.5 Å². The van der Waals surface area contributed by atoms with Crippen molar-refractivity contribution in [2.24, 2.45) is 23.7 Å². The van der Waals surface area contributed by atoms with Crippen LogP contribution in [0.5, 0.6) is 0 Å². The minimum Gasteiger partial charge on any atom is -0.162 e. The van der Waals surface area contributed by atoms with Gasteiger partial charge in [0.2, 0.25) is 0 Å². The first kappa shape index (κ1) is 11.4. The Balaban J connectivity index is 2.52.